The van der Waals surface area contributed by atoms with E-state index in [4.69, 9.17) is 4.42 Å². The zero-order chi connectivity index (χ0) is 22.6. The third-order valence-electron chi connectivity index (χ3n) is 7.87. The summed E-state index contributed by atoms with van der Waals surface area (Å²) in [5.74, 6) is 1.13. The van der Waals surface area contributed by atoms with Crippen LogP contribution in [0.5, 0.6) is 0 Å². The van der Waals surface area contributed by atoms with Crippen LogP contribution in [-0.2, 0) is 6.54 Å². The molecule has 2 rings (SSSR count). The lowest BCUT2D eigenvalue weighted by molar-refractivity contribution is -0.923. The Morgan fingerprint density at radius 1 is 0.677 bits per heavy atom. The van der Waals surface area contributed by atoms with Gasteiger partial charge in [-0.15, -0.1) is 0 Å². The summed E-state index contributed by atoms with van der Waals surface area (Å²) in [6, 6.07) is 10.6. The zero-order valence-electron chi connectivity index (χ0n) is 21.3. The Balaban J connectivity index is 1.57. The number of nitrogens with zero attached hydrogens (tertiary/aromatic N) is 2. The molecule has 0 saturated carbocycles. The van der Waals surface area contributed by atoms with Crippen LogP contribution in [0.3, 0.4) is 0 Å². The number of para-hydroxylation sites is 1. The summed E-state index contributed by atoms with van der Waals surface area (Å²) in [6.07, 6.45) is 11.2. The maximum atomic E-state index is 6.08. The average Bonchev–Trinajstić information content (AvgIpc) is 3.20. The molecular formula is C28H50N2O+2. The monoisotopic (exact) mass is 430 g/mol. The van der Waals surface area contributed by atoms with Gasteiger partial charge in [-0.1, -0.05) is 43.9 Å². The van der Waals surface area contributed by atoms with Gasteiger partial charge in [0.05, 0.1) is 46.3 Å². The van der Waals surface area contributed by atoms with E-state index in [9.17, 15) is 0 Å². The highest BCUT2D eigenvalue weighted by Crippen LogP contribution is 2.22. The first-order valence-corrected chi connectivity index (χ1v) is 13.2. The van der Waals surface area contributed by atoms with E-state index in [0.29, 0.717) is 0 Å². The molecule has 0 aliphatic heterocycles. The first kappa shape index (κ1) is 25.9. The molecule has 31 heavy (non-hydrogen) atoms. The Morgan fingerprint density at radius 2 is 1.23 bits per heavy atom. The van der Waals surface area contributed by atoms with E-state index in [0.717, 1.165) is 28.9 Å². The molecule has 0 aliphatic carbocycles. The normalized spacial score (nSPS) is 14.2. The summed E-state index contributed by atoms with van der Waals surface area (Å²) in [5.41, 5.74) is 1.02. The van der Waals surface area contributed by atoms with Crippen LogP contribution in [0.15, 0.2) is 34.7 Å². The predicted octanol–water partition coefficient (Wildman–Crippen LogP) is 7.40. The summed E-state index contributed by atoms with van der Waals surface area (Å²) in [5, 5.41) is 1.23. The van der Waals surface area contributed by atoms with Crippen LogP contribution >= 0.6 is 0 Å². The highest BCUT2D eigenvalue weighted by molar-refractivity contribution is 5.77. The molecule has 1 atom stereocenters. The van der Waals surface area contributed by atoms with Gasteiger partial charge in [0, 0.05) is 5.39 Å². The summed E-state index contributed by atoms with van der Waals surface area (Å²) in [6.45, 7) is 18.0. The van der Waals surface area contributed by atoms with E-state index in [2.05, 4.69) is 65.1 Å². The van der Waals surface area contributed by atoms with E-state index < -0.39 is 0 Å². The fraction of sp³-hybridized carbons (Fsp3) is 0.714. The molecule has 2 aromatic rings. The zero-order valence-corrected chi connectivity index (χ0v) is 21.3. The minimum atomic E-state index is 0.998. The molecular weight excluding hydrogens is 380 g/mol. The lowest BCUT2D eigenvalue weighted by Crippen LogP contribution is -2.48. The minimum Gasteiger partial charge on any atom is -0.455 e. The molecule has 3 nitrogen and oxygen atoms in total. The Morgan fingerprint density at radius 3 is 1.77 bits per heavy atom. The quantitative estimate of drug-likeness (QED) is 0.188. The maximum Gasteiger partial charge on any atom is 0.159 e. The summed E-state index contributed by atoms with van der Waals surface area (Å²) >= 11 is 0. The Labute approximate surface area is 192 Å². The van der Waals surface area contributed by atoms with Crippen LogP contribution in [0, 0.1) is 0 Å². The van der Waals surface area contributed by atoms with Crippen molar-refractivity contribution >= 4 is 11.0 Å². The van der Waals surface area contributed by atoms with E-state index >= 15 is 0 Å². The van der Waals surface area contributed by atoms with Crippen molar-refractivity contribution in [2.75, 3.05) is 46.3 Å². The SMILES string of the molecule is CC[N+](C)(CCCCCCCCCC[N+](CC)(CC)CC)Cc1cc2ccccc2o1. The van der Waals surface area contributed by atoms with Gasteiger partial charge in [-0.05, 0) is 65.5 Å². The van der Waals surface area contributed by atoms with Crippen molar-refractivity contribution in [3.8, 4) is 0 Å². The molecule has 1 aromatic heterocycles. The Bertz CT molecular complexity index is 692. The molecule has 1 aromatic carbocycles. The van der Waals surface area contributed by atoms with Gasteiger partial charge in [0.15, 0.2) is 5.76 Å². The summed E-state index contributed by atoms with van der Waals surface area (Å²) in [4.78, 5) is 0. The third kappa shape index (κ3) is 8.27. The highest BCUT2D eigenvalue weighted by atomic mass is 16.3. The molecule has 3 heteroatoms. The van der Waals surface area contributed by atoms with Gasteiger partial charge in [-0.25, -0.2) is 0 Å². The first-order valence-electron chi connectivity index (χ1n) is 13.2. The van der Waals surface area contributed by atoms with Crippen molar-refractivity contribution in [1.29, 1.82) is 0 Å². The molecule has 0 amide bonds. The lowest BCUT2D eigenvalue weighted by atomic mass is 10.1. The summed E-state index contributed by atoms with van der Waals surface area (Å²) in [7, 11) is 2.38. The molecule has 0 saturated heterocycles. The average molecular weight is 431 g/mol. The van der Waals surface area contributed by atoms with Crippen LogP contribution in [0.4, 0.5) is 0 Å². The standard InChI is InChI=1S/C28H50N2O/c1-6-29(5,25-27-24-26-20-16-17-21-28(26)31-27)22-18-14-12-10-11-13-15-19-23-30(7-2,8-3)9-4/h16-17,20-21,24H,6-15,18-19,22-23,25H2,1-5H3/q+2. The van der Waals surface area contributed by atoms with Crippen molar-refractivity contribution in [1.82, 2.24) is 0 Å². The van der Waals surface area contributed by atoms with Gasteiger partial charge in [0.1, 0.15) is 12.1 Å². The first-order chi connectivity index (χ1) is 15.0. The molecule has 0 fully saturated rings. The predicted molar refractivity (Wildman–Crippen MR) is 135 cm³/mol. The summed E-state index contributed by atoms with van der Waals surface area (Å²) < 4.78 is 8.47. The second-order valence-electron chi connectivity index (χ2n) is 9.91. The second kappa shape index (κ2) is 13.3. The number of hydrogen-bond acceptors (Lipinski definition) is 1. The third-order valence-corrected chi connectivity index (χ3v) is 7.87. The van der Waals surface area contributed by atoms with E-state index in [1.165, 1.54) is 94.0 Å². The lowest BCUT2D eigenvalue weighted by Gasteiger charge is -2.35. The van der Waals surface area contributed by atoms with Gasteiger partial charge in [-0.3, -0.25) is 0 Å². The molecule has 176 valence electrons. The fourth-order valence-corrected chi connectivity index (χ4v) is 4.99. The molecule has 1 heterocycles. The fourth-order valence-electron chi connectivity index (χ4n) is 4.99. The smallest absolute Gasteiger partial charge is 0.159 e. The minimum absolute atomic E-state index is 0.998. The van der Waals surface area contributed by atoms with E-state index in [1.54, 1.807) is 0 Å². The Hall–Kier alpha value is -1.32. The number of unbranched alkanes of at least 4 members (excludes halogenated alkanes) is 7. The number of furan rings is 1. The number of hydrogen-bond donors (Lipinski definition) is 0. The van der Waals surface area contributed by atoms with Crippen LogP contribution in [0.25, 0.3) is 11.0 Å². The van der Waals surface area contributed by atoms with Crippen molar-refractivity contribution in [2.45, 2.75) is 85.6 Å². The molecule has 0 aliphatic rings. The van der Waals surface area contributed by atoms with E-state index in [1.807, 2.05) is 0 Å². The largest absolute Gasteiger partial charge is 0.455 e. The van der Waals surface area contributed by atoms with Crippen LogP contribution in [0.2, 0.25) is 0 Å². The van der Waals surface area contributed by atoms with Crippen molar-refractivity contribution < 1.29 is 13.4 Å². The van der Waals surface area contributed by atoms with Gasteiger partial charge < -0.3 is 13.4 Å². The maximum absolute atomic E-state index is 6.08. The number of rotatable bonds is 17. The van der Waals surface area contributed by atoms with Gasteiger partial charge in [-0.2, -0.15) is 0 Å². The molecule has 1 unspecified atom stereocenters. The molecule has 0 spiro atoms. The Kier molecular flexibility index (Phi) is 11.1. The molecule has 0 radical (unpaired) electrons. The van der Waals surface area contributed by atoms with Gasteiger partial charge in [0.2, 0.25) is 0 Å². The highest BCUT2D eigenvalue weighted by Gasteiger charge is 2.22. The van der Waals surface area contributed by atoms with Crippen LogP contribution in [-0.4, -0.2) is 55.3 Å². The van der Waals surface area contributed by atoms with Crippen LogP contribution in [0.1, 0.15) is 84.8 Å². The van der Waals surface area contributed by atoms with Crippen molar-refractivity contribution in [3.05, 3.63) is 36.1 Å². The van der Waals surface area contributed by atoms with Gasteiger partial charge in [0.25, 0.3) is 0 Å². The number of fused-ring (bicyclic) bond motifs is 1. The molecule has 0 N–H and O–H groups in total. The van der Waals surface area contributed by atoms with Crippen LogP contribution < -0.4 is 0 Å². The second-order valence-corrected chi connectivity index (χ2v) is 9.91. The number of quaternary nitrogens is 2. The number of benzene rings is 1. The van der Waals surface area contributed by atoms with Gasteiger partial charge >= 0.3 is 0 Å². The van der Waals surface area contributed by atoms with Crippen molar-refractivity contribution in [3.63, 3.8) is 0 Å². The van der Waals surface area contributed by atoms with E-state index in [-0.39, 0.29) is 0 Å². The van der Waals surface area contributed by atoms with Crippen molar-refractivity contribution in [2.24, 2.45) is 0 Å². The topological polar surface area (TPSA) is 13.1 Å². The molecule has 0 bridgehead atoms.